The monoisotopic (exact) mass is 327 g/mol. The highest BCUT2D eigenvalue weighted by Crippen LogP contribution is 2.28. The molecule has 1 aromatic carbocycles. The van der Waals surface area contributed by atoms with E-state index in [-0.39, 0.29) is 11.5 Å². The lowest BCUT2D eigenvalue weighted by Crippen LogP contribution is -2.19. The number of para-hydroxylation sites is 1. The van der Waals surface area contributed by atoms with Gasteiger partial charge in [0.1, 0.15) is 4.83 Å². The van der Waals surface area contributed by atoms with E-state index in [1.165, 1.54) is 17.7 Å². The molecule has 0 saturated heterocycles. The maximum absolute atomic E-state index is 12.6. The van der Waals surface area contributed by atoms with Crippen LogP contribution in [-0.4, -0.2) is 15.5 Å². The highest BCUT2D eigenvalue weighted by atomic mass is 32.1. The molecule has 3 rings (SSSR count). The molecule has 0 aliphatic rings. The van der Waals surface area contributed by atoms with Gasteiger partial charge in [-0.25, -0.2) is 4.98 Å². The quantitative estimate of drug-likeness (QED) is 0.802. The van der Waals surface area contributed by atoms with E-state index in [9.17, 15) is 9.59 Å². The van der Waals surface area contributed by atoms with Crippen LogP contribution in [0.1, 0.15) is 27.7 Å². The number of aryl methyl sites for hydroxylation is 3. The number of hydrogen-bond donors (Lipinski definition) is 1. The zero-order valence-electron chi connectivity index (χ0n) is 13.2. The van der Waals surface area contributed by atoms with E-state index in [4.69, 9.17) is 0 Å². The molecule has 0 fully saturated rings. The zero-order chi connectivity index (χ0) is 16.6. The van der Waals surface area contributed by atoms with E-state index in [2.05, 4.69) is 10.3 Å². The number of rotatable bonds is 3. The van der Waals surface area contributed by atoms with E-state index in [1.807, 2.05) is 38.1 Å². The standard InChI is InChI=1S/C17H17N3O2S/c1-4-20-9-18-16-13(17(20)22)11(3)14(23-16)15(21)19-12-8-6-5-7-10(12)2/h5-9H,4H2,1-3H3,(H,19,21). The SMILES string of the molecule is CCn1cnc2sc(C(=O)Nc3ccccc3C)c(C)c2c1=O. The first kappa shape index (κ1) is 15.4. The second kappa shape index (κ2) is 5.96. The summed E-state index contributed by atoms with van der Waals surface area (Å²) in [6.45, 7) is 6.19. The van der Waals surface area contributed by atoms with Gasteiger partial charge in [-0.15, -0.1) is 11.3 Å². The molecule has 0 aliphatic heterocycles. The van der Waals surface area contributed by atoms with Gasteiger partial charge in [-0.3, -0.25) is 14.2 Å². The molecule has 0 aliphatic carbocycles. The minimum absolute atomic E-state index is 0.0961. The Kier molecular flexibility index (Phi) is 4.00. The van der Waals surface area contributed by atoms with Gasteiger partial charge in [-0.05, 0) is 38.0 Å². The van der Waals surface area contributed by atoms with Gasteiger partial charge < -0.3 is 5.32 Å². The third-order valence-electron chi connectivity index (χ3n) is 3.86. The lowest BCUT2D eigenvalue weighted by atomic mass is 10.2. The van der Waals surface area contributed by atoms with Gasteiger partial charge >= 0.3 is 0 Å². The summed E-state index contributed by atoms with van der Waals surface area (Å²) in [5.74, 6) is -0.206. The molecule has 0 atom stereocenters. The average molecular weight is 327 g/mol. The highest BCUT2D eigenvalue weighted by Gasteiger charge is 2.19. The van der Waals surface area contributed by atoms with Crippen molar-refractivity contribution in [1.82, 2.24) is 9.55 Å². The molecule has 0 radical (unpaired) electrons. The lowest BCUT2D eigenvalue weighted by Gasteiger charge is -2.07. The molecule has 2 heterocycles. The molecule has 2 aromatic heterocycles. The second-order valence-corrected chi connectivity index (χ2v) is 6.34. The number of fused-ring (bicyclic) bond motifs is 1. The fourth-order valence-corrected chi connectivity index (χ4v) is 3.53. The molecule has 118 valence electrons. The largest absolute Gasteiger partial charge is 0.321 e. The van der Waals surface area contributed by atoms with Gasteiger partial charge in [0.15, 0.2) is 0 Å². The number of benzene rings is 1. The number of nitrogens with zero attached hydrogens (tertiary/aromatic N) is 2. The molecule has 1 N–H and O–H groups in total. The first-order chi connectivity index (χ1) is 11.0. The summed E-state index contributed by atoms with van der Waals surface area (Å²) in [5.41, 5.74) is 2.36. The van der Waals surface area contributed by atoms with Gasteiger partial charge in [0.25, 0.3) is 11.5 Å². The van der Waals surface area contributed by atoms with Crippen LogP contribution in [0.3, 0.4) is 0 Å². The van der Waals surface area contributed by atoms with Crippen LogP contribution in [0.5, 0.6) is 0 Å². The predicted molar refractivity (Wildman–Crippen MR) is 93.4 cm³/mol. The number of anilines is 1. The lowest BCUT2D eigenvalue weighted by molar-refractivity contribution is 0.103. The fourth-order valence-electron chi connectivity index (χ4n) is 2.49. The first-order valence-electron chi connectivity index (χ1n) is 7.38. The van der Waals surface area contributed by atoms with Crippen LogP contribution in [0.15, 0.2) is 35.4 Å². The van der Waals surface area contributed by atoms with E-state index in [0.29, 0.717) is 27.2 Å². The smallest absolute Gasteiger partial charge is 0.266 e. The van der Waals surface area contributed by atoms with Gasteiger partial charge in [-0.2, -0.15) is 0 Å². The molecule has 3 aromatic rings. The summed E-state index contributed by atoms with van der Waals surface area (Å²) in [7, 11) is 0. The Labute approximate surface area is 137 Å². The molecule has 0 spiro atoms. The van der Waals surface area contributed by atoms with E-state index < -0.39 is 0 Å². The van der Waals surface area contributed by atoms with Crippen molar-refractivity contribution in [2.24, 2.45) is 0 Å². The Balaban J connectivity index is 2.05. The molecule has 5 nitrogen and oxygen atoms in total. The van der Waals surface area contributed by atoms with Crippen LogP contribution in [0.25, 0.3) is 10.2 Å². The predicted octanol–water partition coefficient (Wildman–Crippen LogP) is 3.35. The Hall–Kier alpha value is -2.47. The molecular formula is C17H17N3O2S. The summed E-state index contributed by atoms with van der Waals surface area (Å²) >= 11 is 1.25. The van der Waals surface area contributed by atoms with E-state index >= 15 is 0 Å². The van der Waals surface area contributed by atoms with Crippen LogP contribution in [0, 0.1) is 13.8 Å². The fraction of sp³-hybridized carbons (Fsp3) is 0.235. The molecule has 0 bridgehead atoms. The molecule has 23 heavy (non-hydrogen) atoms. The van der Waals surface area contributed by atoms with E-state index in [0.717, 1.165) is 11.3 Å². The first-order valence-corrected chi connectivity index (χ1v) is 8.20. The van der Waals surface area contributed by atoms with Crippen molar-refractivity contribution in [3.05, 3.63) is 57.0 Å². The molecular weight excluding hydrogens is 310 g/mol. The van der Waals surface area contributed by atoms with Crippen molar-refractivity contribution in [2.45, 2.75) is 27.3 Å². The van der Waals surface area contributed by atoms with Crippen molar-refractivity contribution in [3.8, 4) is 0 Å². The van der Waals surface area contributed by atoms with Crippen LogP contribution in [0.2, 0.25) is 0 Å². The van der Waals surface area contributed by atoms with Gasteiger partial charge in [0.2, 0.25) is 0 Å². The molecule has 0 unspecified atom stereocenters. The summed E-state index contributed by atoms with van der Waals surface area (Å²) < 4.78 is 1.55. The van der Waals surface area contributed by atoms with Crippen LogP contribution >= 0.6 is 11.3 Å². The minimum Gasteiger partial charge on any atom is -0.321 e. The number of aromatic nitrogens is 2. The molecule has 0 saturated carbocycles. The number of carbonyl (C=O) groups excluding carboxylic acids is 1. The maximum Gasteiger partial charge on any atom is 0.266 e. The van der Waals surface area contributed by atoms with Gasteiger partial charge in [-0.1, -0.05) is 18.2 Å². The third kappa shape index (κ3) is 2.66. The average Bonchev–Trinajstić information content (AvgIpc) is 2.88. The number of amides is 1. The van der Waals surface area contributed by atoms with Gasteiger partial charge in [0.05, 0.1) is 16.6 Å². The van der Waals surface area contributed by atoms with Crippen molar-refractivity contribution < 1.29 is 4.79 Å². The highest BCUT2D eigenvalue weighted by molar-refractivity contribution is 7.20. The molecule has 1 amide bonds. The van der Waals surface area contributed by atoms with Gasteiger partial charge in [0, 0.05) is 12.2 Å². The number of carbonyl (C=O) groups is 1. The molecule has 6 heteroatoms. The Bertz CT molecular complexity index is 956. The summed E-state index contributed by atoms with van der Waals surface area (Å²) in [6.07, 6.45) is 1.53. The van der Waals surface area contributed by atoms with Crippen LogP contribution in [0.4, 0.5) is 5.69 Å². The van der Waals surface area contributed by atoms with Crippen molar-refractivity contribution >= 4 is 33.1 Å². The number of hydrogen-bond acceptors (Lipinski definition) is 4. The summed E-state index contributed by atoms with van der Waals surface area (Å²) in [6, 6.07) is 7.60. The van der Waals surface area contributed by atoms with Crippen LogP contribution in [-0.2, 0) is 6.54 Å². The Morgan fingerprint density at radius 2 is 2.04 bits per heavy atom. The minimum atomic E-state index is -0.206. The summed E-state index contributed by atoms with van der Waals surface area (Å²) in [4.78, 5) is 30.4. The topological polar surface area (TPSA) is 64.0 Å². The maximum atomic E-state index is 12.6. The number of thiophene rings is 1. The van der Waals surface area contributed by atoms with Crippen LogP contribution < -0.4 is 10.9 Å². The third-order valence-corrected chi connectivity index (χ3v) is 5.06. The van der Waals surface area contributed by atoms with E-state index in [1.54, 1.807) is 11.5 Å². The summed E-state index contributed by atoms with van der Waals surface area (Å²) in [5, 5.41) is 3.45. The van der Waals surface area contributed by atoms with Crippen molar-refractivity contribution in [2.75, 3.05) is 5.32 Å². The van der Waals surface area contributed by atoms with Crippen molar-refractivity contribution in [1.29, 1.82) is 0 Å². The number of nitrogens with one attached hydrogen (secondary N) is 1. The Morgan fingerprint density at radius 1 is 1.30 bits per heavy atom. The Morgan fingerprint density at radius 3 is 2.74 bits per heavy atom. The second-order valence-electron chi connectivity index (χ2n) is 5.34. The normalized spacial score (nSPS) is 10.9. The van der Waals surface area contributed by atoms with Crippen molar-refractivity contribution in [3.63, 3.8) is 0 Å². The zero-order valence-corrected chi connectivity index (χ0v) is 14.0.